The van der Waals surface area contributed by atoms with E-state index in [9.17, 15) is 15.3 Å². The molecule has 0 spiro atoms. The van der Waals surface area contributed by atoms with Crippen LogP contribution in [0.3, 0.4) is 0 Å². The number of carbonyl (C=O) groups excluding carboxylic acids is 1. The second-order valence-electron chi connectivity index (χ2n) is 8.56. The van der Waals surface area contributed by atoms with E-state index in [2.05, 4.69) is 38.8 Å². The van der Waals surface area contributed by atoms with Crippen LogP contribution in [-0.2, 0) is 20.4 Å². The molecule has 0 radical (unpaired) electrons. The van der Waals surface area contributed by atoms with Crippen LogP contribution in [0.5, 0.6) is 5.75 Å². The van der Waals surface area contributed by atoms with Gasteiger partial charge in [-0.2, -0.15) is 0 Å². The molecular formula is C20H30N3O5Si+. The van der Waals surface area contributed by atoms with Gasteiger partial charge < -0.3 is 19.0 Å². The number of ether oxygens (including phenoxy) is 2. The lowest BCUT2D eigenvalue weighted by Gasteiger charge is -2.37. The number of benzene rings is 1. The molecule has 0 aromatic heterocycles. The highest BCUT2D eigenvalue weighted by molar-refractivity contribution is 6.74. The molecule has 0 aliphatic carbocycles. The van der Waals surface area contributed by atoms with Crippen LogP contribution in [0.4, 0.5) is 5.69 Å². The van der Waals surface area contributed by atoms with Crippen molar-refractivity contribution in [2.45, 2.75) is 51.4 Å². The molecule has 2 rings (SSSR count). The summed E-state index contributed by atoms with van der Waals surface area (Å²) < 4.78 is 16.3. The Kier molecular flexibility index (Phi) is 6.60. The summed E-state index contributed by atoms with van der Waals surface area (Å²) in [5.74, 6) is -0.837. The molecule has 1 aliphatic rings. The molecule has 1 heterocycles. The predicted molar refractivity (Wildman–Crippen MR) is 113 cm³/mol. The zero-order valence-electron chi connectivity index (χ0n) is 18.1. The smallest absolute Gasteiger partial charge is 0.497 e. The molecule has 1 atom stereocenters. The standard InChI is InChI=1S/C20H29N3O5Si/c1-20(2,3)29(6,7)28-12-14-10-13-8-9-15(26-4)11-16(13)23(14)18(24)17(22-21)19(25)27-5/h8-9,11,14H,10,12H2,1-7H3/p+1. The first-order chi connectivity index (χ1) is 13.5. The Balaban J connectivity index is 2.43. The van der Waals surface area contributed by atoms with Crippen LogP contribution in [0, 0.1) is 5.39 Å². The average Bonchev–Trinajstić information content (AvgIpc) is 3.03. The maximum atomic E-state index is 13.2. The van der Waals surface area contributed by atoms with E-state index in [0.29, 0.717) is 24.5 Å². The molecule has 158 valence electrons. The topological polar surface area (TPSA) is 96.4 Å². The summed E-state index contributed by atoms with van der Waals surface area (Å²) in [4.78, 5) is 17.6. The van der Waals surface area contributed by atoms with Crippen LogP contribution < -0.4 is 9.64 Å². The van der Waals surface area contributed by atoms with E-state index in [0.717, 1.165) is 5.56 Å². The molecule has 1 amide bonds. The van der Waals surface area contributed by atoms with Crippen LogP contribution in [0.25, 0.3) is 4.98 Å². The van der Waals surface area contributed by atoms with Crippen molar-refractivity contribution in [1.29, 1.82) is 5.39 Å². The highest BCUT2D eigenvalue weighted by atomic mass is 28.4. The number of carbonyl (C=O) groups is 1. The average molecular weight is 421 g/mol. The largest absolute Gasteiger partial charge is 0.527 e. The van der Waals surface area contributed by atoms with Gasteiger partial charge in [-0.15, -0.1) is 0 Å². The Morgan fingerprint density at radius 1 is 1.34 bits per heavy atom. The van der Waals surface area contributed by atoms with Gasteiger partial charge in [-0.1, -0.05) is 26.8 Å². The Bertz CT molecular complexity index is 855. The number of hydrogen-bond donors (Lipinski definition) is 1. The van der Waals surface area contributed by atoms with Crippen LogP contribution in [-0.4, -0.2) is 46.2 Å². The SMILES string of the molecule is CO/C(O)=C(\[N+]#N)C(=O)N1c2cc(OC)ccc2CC1CO[Si](C)(C)C(C)(C)C. The van der Waals surface area contributed by atoms with Crippen LogP contribution in [0.15, 0.2) is 29.8 Å². The van der Waals surface area contributed by atoms with Crippen molar-refractivity contribution >= 4 is 19.9 Å². The normalized spacial score (nSPS) is 17.3. The van der Waals surface area contributed by atoms with E-state index in [1.807, 2.05) is 12.1 Å². The van der Waals surface area contributed by atoms with Crippen molar-refractivity contribution in [1.82, 2.24) is 0 Å². The van der Waals surface area contributed by atoms with Gasteiger partial charge in [0.15, 0.2) is 13.3 Å². The van der Waals surface area contributed by atoms with Gasteiger partial charge in [0.25, 0.3) is 0 Å². The Morgan fingerprint density at radius 3 is 2.52 bits per heavy atom. The number of amides is 1. The third-order valence-corrected chi connectivity index (χ3v) is 10.2. The second-order valence-corrected chi connectivity index (χ2v) is 13.4. The van der Waals surface area contributed by atoms with Gasteiger partial charge in [0.2, 0.25) is 5.39 Å². The van der Waals surface area contributed by atoms with Gasteiger partial charge in [0, 0.05) is 6.07 Å². The molecule has 0 fully saturated rings. The number of aliphatic hydroxyl groups is 1. The summed E-state index contributed by atoms with van der Waals surface area (Å²) in [6, 6.07) is 5.16. The minimum absolute atomic E-state index is 0.0241. The van der Waals surface area contributed by atoms with Gasteiger partial charge in [-0.25, -0.2) is 0 Å². The minimum Gasteiger partial charge on any atom is -0.497 e. The van der Waals surface area contributed by atoms with Crippen molar-refractivity contribution in [2.75, 3.05) is 25.7 Å². The molecule has 1 unspecified atom stereocenters. The molecule has 1 N–H and O–H groups in total. The second kappa shape index (κ2) is 8.43. The molecule has 8 nitrogen and oxygen atoms in total. The number of nitrogens with zero attached hydrogens (tertiary/aromatic N) is 3. The molecule has 1 aliphatic heterocycles. The molecule has 1 aromatic rings. The highest BCUT2D eigenvalue weighted by Crippen LogP contribution is 2.40. The Labute approximate surface area is 172 Å². The zero-order valence-corrected chi connectivity index (χ0v) is 19.1. The first kappa shape index (κ1) is 22.7. The number of rotatable bonds is 6. The fourth-order valence-electron chi connectivity index (χ4n) is 2.93. The fourth-order valence-corrected chi connectivity index (χ4v) is 3.97. The third kappa shape index (κ3) is 4.54. The van der Waals surface area contributed by atoms with E-state index in [-0.39, 0.29) is 11.1 Å². The summed E-state index contributed by atoms with van der Waals surface area (Å²) in [5.41, 5.74) is 1.00. The first-order valence-electron chi connectivity index (χ1n) is 9.43. The summed E-state index contributed by atoms with van der Waals surface area (Å²) in [6.07, 6.45) is 0.576. The molecule has 0 saturated heterocycles. The van der Waals surface area contributed by atoms with Crippen LogP contribution in [0.2, 0.25) is 18.1 Å². The quantitative estimate of drug-likeness (QED) is 0.321. The van der Waals surface area contributed by atoms with Crippen molar-refractivity contribution in [2.24, 2.45) is 0 Å². The zero-order chi connectivity index (χ0) is 22.0. The Hall–Kier alpha value is -2.57. The highest BCUT2D eigenvalue weighted by Gasteiger charge is 2.45. The molecule has 0 bridgehead atoms. The summed E-state index contributed by atoms with van der Waals surface area (Å²) in [7, 11) is 0.691. The number of hydrogen-bond acceptors (Lipinski definition) is 6. The van der Waals surface area contributed by atoms with Crippen molar-refractivity contribution in [3.05, 3.63) is 40.4 Å². The number of diazo groups is 1. The number of methoxy groups -OCH3 is 2. The van der Waals surface area contributed by atoms with Gasteiger partial charge in [0.05, 0.1) is 32.6 Å². The Morgan fingerprint density at radius 2 is 2.00 bits per heavy atom. The summed E-state index contributed by atoms with van der Waals surface area (Å²) >= 11 is 0. The third-order valence-electron chi connectivity index (χ3n) is 5.73. The lowest BCUT2D eigenvalue weighted by Crippen LogP contribution is -2.47. The molecular weight excluding hydrogens is 390 g/mol. The van der Waals surface area contributed by atoms with Crippen LogP contribution in [0.1, 0.15) is 26.3 Å². The van der Waals surface area contributed by atoms with E-state index in [1.54, 1.807) is 13.2 Å². The van der Waals surface area contributed by atoms with Crippen LogP contribution >= 0.6 is 0 Å². The van der Waals surface area contributed by atoms with Crippen molar-refractivity contribution in [3.63, 3.8) is 0 Å². The maximum Gasteiger partial charge on any atom is 0.527 e. The number of anilines is 1. The number of fused-ring (bicyclic) bond motifs is 1. The van der Waals surface area contributed by atoms with E-state index < -0.39 is 25.9 Å². The first-order valence-corrected chi connectivity index (χ1v) is 12.3. The van der Waals surface area contributed by atoms with Gasteiger partial charge in [-0.05, 0) is 36.2 Å². The van der Waals surface area contributed by atoms with Gasteiger partial charge in [-0.3, -0.25) is 9.69 Å². The lowest BCUT2D eigenvalue weighted by atomic mass is 10.1. The van der Waals surface area contributed by atoms with E-state index in [4.69, 9.17) is 13.9 Å². The lowest BCUT2D eigenvalue weighted by molar-refractivity contribution is -0.115. The maximum absolute atomic E-state index is 13.2. The monoisotopic (exact) mass is 420 g/mol. The molecule has 0 saturated carbocycles. The van der Waals surface area contributed by atoms with Gasteiger partial charge >= 0.3 is 17.5 Å². The molecule has 29 heavy (non-hydrogen) atoms. The predicted octanol–water partition coefficient (Wildman–Crippen LogP) is 4.20. The summed E-state index contributed by atoms with van der Waals surface area (Å²) in [5, 5.41) is 19.2. The van der Waals surface area contributed by atoms with Crippen molar-refractivity contribution in [3.8, 4) is 5.75 Å². The fraction of sp³-hybridized carbons (Fsp3) is 0.550. The molecule has 1 aromatic carbocycles. The molecule has 9 heteroatoms. The van der Waals surface area contributed by atoms with E-state index >= 15 is 0 Å². The van der Waals surface area contributed by atoms with E-state index in [1.165, 1.54) is 12.0 Å². The minimum atomic E-state index is -2.04. The van der Waals surface area contributed by atoms with Crippen molar-refractivity contribution < 1.29 is 23.8 Å². The summed E-state index contributed by atoms with van der Waals surface area (Å²) in [6.45, 7) is 11.1. The number of aliphatic hydroxyl groups excluding tert-OH is 1. The van der Waals surface area contributed by atoms with Gasteiger partial charge in [0.1, 0.15) is 5.75 Å².